The van der Waals surface area contributed by atoms with Crippen LogP contribution in [0.3, 0.4) is 0 Å². The van der Waals surface area contributed by atoms with Crippen LogP contribution in [0.5, 0.6) is 0 Å². The predicted molar refractivity (Wildman–Crippen MR) is 116 cm³/mol. The van der Waals surface area contributed by atoms with Crippen molar-refractivity contribution < 1.29 is 112 Å². The highest BCUT2D eigenvalue weighted by Crippen LogP contribution is 2.59. The third-order valence-electron chi connectivity index (χ3n) is 4.18. The van der Waals surface area contributed by atoms with Crippen molar-refractivity contribution in [1.29, 1.82) is 0 Å². The molecule has 1 fully saturated rings. The zero-order valence-corrected chi connectivity index (χ0v) is 24.7. The highest BCUT2D eigenvalue weighted by atomic mass is 31.2. The summed E-state index contributed by atoms with van der Waals surface area (Å²) in [6.45, 7) is 0. The Balaban J connectivity index is 4.14. The van der Waals surface area contributed by atoms with Crippen LogP contribution in [0.1, 0.15) is 0 Å². The summed E-state index contributed by atoms with van der Waals surface area (Å²) in [4.78, 5) is 85.7. The molecule has 1 saturated carbocycles. The molecule has 0 spiro atoms. The van der Waals surface area contributed by atoms with Gasteiger partial charge < -0.3 is 44.0 Å². The minimum Gasteiger partial charge on any atom is -0.303 e. The fourth-order valence-electron chi connectivity index (χ4n) is 2.91. The highest BCUT2D eigenvalue weighted by Gasteiger charge is 2.63. The van der Waals surface area contributed by atoms with Gasteiger partial charge in [-0.25, -0.2) is 27.4 Å². The molecule has 0 bridgehead atoms. The summed E-state index contributed by atoms with van der Waals surface area (Å²) >= 11 is 0. The molecule has 0 radical (unpaired) electrons. The van der Waals surface area contributed by atoms with Crippen LogP contribution in [-0.2, 0) is 68.1 Å². The molecule has 3 unspecified atom stereocenters. The van der Waals surface area contributed by atoms with E-state index >= 15 is 0 Å². The van der Waals surface area contributed by atoms with E-state index in [1.807, 2.05) is 0 Å². The van der Waals surface area contributed by atoms with E-state index in [2.05, 4.69) is 40.7 Å². The molecule has 0 aliphatic heterocycles. The highest BCUT2D eigenvalue weighted by molar-refractivity contribution is 7.48. The first-order chi connectivity index (χ1) is 17.3. The van der Waals surface area contributed by atoms with Gasteiger partial charge in [0.15, 0.2) is 0 Å². The summed E-state index contributed by atoms with van der Waals surface area (Å²) in [6.07, 6.45) is -17.5. The average Bonchev–Trinajstić information content (AvgIpc) is 2.73. The maximum Gasteiger partial charge on any atom is 0.472 e. The largest absolute Gasteiger partial charge is 0.472 e. The molecule has 0 amide bonds. The molecule has 30 heteroatoms. The van der Waals surface area contributed by atoms with Crippen LogP contribution in [0.2, 0.25) is 0 Å². The third-order valence-corrected chi connectivity index (χ3v) is 8.64. The zero-order valence-electron chi connectivity index (χ0n) is 19.3. The first kappa shape index (κ1) is 37.7. The van der Waals surface area contributed by atoms with Crippen LogP contribution in [0.25, 0.3) is 0 Å². The monoisotopic (exact) mass is 702 g/mol. The molecule has 234 valence electrons. The maximum absolute atomic E-state index is 12.2. The minimum absolute atomic E-state index is 0.517. The van der Waals surface area contributed by atoms with Crippen molar-refractivity contribution >= 4 is 46.9 Å². The van der Waals surface area contributed by atoms with E-state index in [1.54, 1.807) is 0 Å². The Morgan fingerprint density at radius 2 is 0.513 bits per heavy atom. The normalized spacial score (nSPS) is 31.7. The van der Waals surface area contributed by atoms with Gasteiger partial charge in [-0.1, -0.05) is 0 Å². The topological polar surface area (TPSA) is 368 Å². The Kier molecular flexibility index (Phi) is 13.1. The summed E-state index contributed by atoms with van der Waals surface area (Å²) in [7, 11) is -32.7. The summed E-state index contributed by atoms with van der Waals surface area (Å²) in [5, 5.41) is 0. The van der Waals surface area contributed by atoms with Gasteiger partial charge in [-0.3, -0.25) is 40.7 Å². The average molecular weight is 702 g/mol. The molecule has 1 aliphatic rings. The Hall–Kier alpha value is 0.660. The smallest absolute Gasteiger partial charge is 0.303 e. The van der Waals surface area contributed by atoms with Crippen molar-refractivity contribution in [1.82, 2.24) is 0 Å². The molecule has 39 heavy (non-hydrogen) atoms. The van der Waals surface area contributed by atoms with E-state index in [9.17, 15) is 71.4 Å². The van der Waals surface area contributed by atoms with Crippen LogP contribution in [0, 0.1) is 0 Å². The van der Waals surface area contributed by atoms with Crippen molar-refractivity contribution in [2.75, 3.05) is 21.3 Å². The summed E-state index contributed by atoms with van der Waals surface area (Å²) in [6, 6.07) is 0. The van der Waals surface area contributed by atoms with Gasteiger partial charge in [0.2, 0.25) is 0 Å². The number of rotatable bonds is 15. The summed E-state index contributed by atoms with van der Waals surface area (Å²) < 4.78 is 111. The first-order valence-corrected chi connectivity index (χ1v) is 18.3. The van der Waals surface area contributed by atoms with E-state index in [0.717, 1.165) is 0 Å². The van der Waals surface area contributed by atoms with E-state index in [0.29, 0.717) is 21.3 Å². The van der Waals surface area contributed by atoms with Crippen molar-refractivity contribution in [3.63, 3.8) is 0 Å². The molecule has 0 aromatic rings. The second-order valence-corrected chi connectivity index (χ2v) is 15.0. The molecule has 1 rings (SSSR count). The minimum atomic E-state index is -5.93. The predicted octanol–water partition coefficient (Wildman–Crippen LogP) is -1.17. The maximum atomic E-state index is 12.2. The van der Waals surface area contributed by atoms with Gasteiger partial charge >= 0.3 is 46.9 Å². The molecular formula is C9H24O24P6. The SMILES string of the molecule is COP(=O)(O)OC1C(OP(=O)(O)O)C(OP(=O)(O)OC)C(OP(=O)(O)O)C(OP(=O)(O)OC)C1OP(=O)(O)O. The van der Waals surface area contributed by atoms with Crippen LogP contribution in [0.4, 0.5) is 0 Å². The van der Waals surface area contributed by atoms with Gasteiger partial charge in [0.1, 0.15) is 36.6 Å². The first-order valence-electron chi connectivity index (χ1n) is 9.18. The number of hydrogen-bond donors (Lipinski definition) is 9. The van der Waals surface area contributed by atoms with Crippen molar-refractivity contribution in [3.8, 4) is 0 Å². The van der Waals surface area contributed by atoms with Gasteiger partial charge in [-0.15, -0.1) is 0 Å². The molecule has 0 saturated heterocycles. The summed E-state index contributed by atoms with van der Waals surface area (Å²) in [5.74, 6) is 0. The Bertz CT molecular complexity index is 969. The summed E-state index contributed by atoms with van der Waals surface area (Å²) in [5.41, 5.74) is 0. The Morgan fingerprint density at radius 3 is 0.641 bits per heavy atom. The van der Waals surface area contributed by atoms with Crippen molar-refractivity contribution in [3.05, 3.63) is 0 Å². The lowest BCUT2D eigenvalue weighted by Crippen LogP contribution is -2.66. The molecule has 0 heterocycles. The van der Waals surface area contributed by atoms with E-state index in [-0.39, 0.29) is 0 Å². The molecule has 3 atom stereocenters. The molecule has 1 aliphatic carbocycles. The standard InChI is InChI=1S/C9H24O24P6/c1-25-37(19,20)31-7-4(28-34(10,11)12)8(32-38(21,22)26-2)6(30-36(16,17)18)9(33-39(23,24)27-3)5(7)29-35(13,14)15/h4-9H,1-3H3,(H,19,20)(H,21,22)(H,23,24)(H2,10,11,12)(H2,13,14,15)(H2,16,17,18). The van der Waals surface area contributed by atoms with Gasteiger partial charge in [0.25, 0.3) is 0 Å². The number of hydrogen-bond acceptors (Lipinski definition) is 15. The van der Waals surface area contributed by atoms with Gasteiger partial charge in [-0.2, -0.15) is 0 Å². The van der Waals surface area contributed by atoms with E-state index in [4.69, 9.17) is 0 Å². The third kappa shape index (κ3) is 12.8. The second-order valence-electron chi connectivity index (χ2n) is 6.85. The quantitative estimate of drug-likeness (QED) is 0.0907. The van der Waals surface area contributed by atoms with Gasteiger partial charge in [0, 0.05) is 21.3 Å². The number of phosphoric acid groups is 6. The van der Waals surface area contributed by atoms with Crippen LogP contribution < -0.4 is 0 Å². The van der Waals surface area contributed by atoms with E-state index in [1.165, 1.54) is 0 Å². The lowest BCUT2D eigenvalue weighted by molar-refractivity contribution is -0.202. The Labute approximate surface area is 217 Å². The molecule has 0 aromatic heterocycles. The van der Waals surface area contributed by atoms with Crippen LogP contribution >= 0.6 is 46.9 Å². The molecular weight excluding hydrogens is 678 g/mol. The van der Waals surface area contributed by atoms with Gasteiger partial charge in [0.05, 0.1) is 0 Å². The zero-order chi connectivity index (χ0) is 30.8. The van der Waals surface area contributed by atoms with Crippen molar-refractivity contribution in [2.45, 2.75) is 36.6 Å². The molecule has 9 N–H and O–H groups in total. The second kappa shape index (κ2) is 13.5. The fraction of sp³-hybridized carbons (Fsp3) is 1.00. The molecule has 0 aromatic carbocycles. The lowest BCUT2D eigenvalue weighted by atomic mass is 9.85. The Morgan fingerprint density at radius 1 is 0.359 bits per heavy atom. The van der Waals surface area contributed by atoms with Gasteiger partial charge in [-0.05, 0) is 0 Å². The lowest BCUT2D eigenvalue weighted by Gasteiger charge is -2.48. The fourth-order valence-corrected chi connectivity index (χ4v) is 6.48. The number of phosphoric ester groups is 6. The molecule has 24 nitrogen and oxygen atoms in total. The van der Waals surface area contributed by atoms with E-state index < -0.39 is 83.6 Å². The van der Waals surface area contributed by atoms with Crippen LogP contribution in [0.15, 0.2) is 0 Å². The van der Waals surface area contributed by atoms with Crippen LogP contribution in [-0.4, -0.2) is 102 Å². The van der Waals surface area contributed by atoms with Crippen molar-refractivity contribution in [2.24, 2.45) is 0 Å².